The summed E-state index contributed by atoms with van der Waals surface area (Å²) in [5, 5.41) is 10.1. The number of fused-ring (bicyclic) bond motifs is 1. The molecule has 1 saturated heterocycles. The molecule has 194 valence electrons. The number of ether oxygens (including phenoxy) is 3. The Morgan fingerprint density at radius 1 is 1.00 bits per heavy atom. The average molecular weight is 510 g/mol. The van der Waals surface area contributed by atoms with Crippen molar-refractivity contribution in [2.24, 2.45) is 0 Å². The van der Waals surface area contributed by atoms with E-state index in [1.165, 1.54) is 0 Å². The maximum absolute atomic E-state index is 10.1. The maximum atomic E-state index is 10.1. The zero-order valence-corrected chi connectivity index (χ0v) is 22.1. The molecule has 0 radical (unpaired) electrons. The van der Waals surface area contributed by atoms with Crippen LogP contribution in [0.2, 0.25) is 0 Å². The highest BCUT2D eigenvalue weighted by Gasteiger charge is 2.24. The molecule has 3 heterocycles. The van der Waals surface area contributed by atoms with Crippen LogP contribution in [-0.2, 0) is 17.8 Å². The van der Waals surface area contributed by atoms with Gasteiger partial charge in [-0.15, -0.1) is 0 Å². The van der Waals surface area contributed by atoms with Crippen molar-refractivity contribution in [2.45, 2.75) is 46.0 Å². The molecule has 0 saturated carbocycles. The molecule has 0 spiro atoms. The van der Waals surface area contributed by atoms with Crippen LogP contribution in [0.25, 0.3) is 11.0 Å². The minimum atomic E-state index is 0.105. The lowest BCUT2D eigenvalue weighted by atomic mass is 9.98. The predicted molar refractivity (Wildman–Crippen MR) is 146 cm³/mol. The van der Waals surface area contributed by atoms with Gasteiger partial charge in [0, 0.05) is 30.5 Å². The number of benzene rings is 2. The molecule has 0 N–H and O–H groups in total. The fourth-order valence-corrected chi connectivity index (χ4v) is 4.81. The summed E-state index contributed by atoms with van der Waals surface area (Å²) in [6.07, 6.45) is 4.36. The van der Waals surface area contributed by atoms with Gasteiger partial charge in [0.25, 0.3) is 0 Å². The first-order valence-corrected chi connectivity index (χ1v) is 12.7. The third-order valence-corrected chi connectivity index (χ3v) is 6.63. The highest BCUT2D eigenvalue weighted by molar-refractivity contribution is 5.83. The molecule has 0 bridgehead atoms. The molecule has 38 heavy (non-hydrogen) atoms. The van der Waals surface area contributed by atoms with E-state index >= 15 is 0 Å². The molecule has 2 aromatic carbocycles. The van der Waals surface area contributed by atoms with E-state index in [0.29, 0.717) is 41.1 Å². The molecule has 2 aromatic heterocycles. The van der Waals surface area contributed by atoms with Crippen molar-refractivity contribution in [1.82, 2.24) is 15.0 Å². The molecule has 0 amide bonds. The van der Waals surface area contributed by atoms with E-state index < -0.39 is 0 Å². The maximum Gasteiger partial charge on any atom is 0.161 e. The number of hydrogen-bond acceptors (Lipinski definition) is 8. The summed E-state index contributed by atoms with van der Waals surface area (Å²) in [4.78, 5) is 16.0. The van der Waals surface area contributed by atoms with Gasteiger partial charge in [0.15, 0.2) is 11.5 Å². The van der Waals surface area contributed by atoms with Crippen LogP contribution in [0.1, 0.15) is 41.8 Å². The molecule has 5 rings (SSSR count). The fourth-order valence-electron chi connectivity index (χ4n) is 4.81. The molecule has 0 unspecified atom stereocenters. The number of nitrogens with zero attached hydrogens (tertiary/aromatic N) is 5. The van der Waals surface area contributed by atoms with Crippen LogP contribution in [0.5, 0.6) is 11.5 Å². The van der Waals surface area contributed by atoms with E-state index in [9.17, 15) is 5.26 Å². The highest BCUT2D eigenvalue weighted by Crippen LogP contribution is 2.31. The first-order chi connectivity index (χ1) is 18.4. The van der Waals surface area contributed by atoms with Crippen LogP contribution in [0.3, 0.4) is 0 Å². The number of morpholine rings is 1. The van der Waals surface area contributed by atoms with E-state index in [1.807, 2.05) is 55.6 Å². The molecule has 2 atom stereocenters. The molecular formula is C30H31N5O3. The van der Waals surface area contributed by atoms with Gasteiger partial charge in [-0.05, 0) is 62.6 Å². The summed E-state index contributed by atoms with van der Waals surface area (Å²) in [6, 6.07) is 16.1. The molecule has 1 fully saturated rings. The monoisotopic (exact) mass is 509 g/mol. The number of anilines is 1. The fraction of sp³-hybridized carbons (Fsp3) is 0.333. The molecular weight excluding hydrogens is 478 g/mol. The number of aryl methyl sites for hydroxylation is 1. The van der Waals surface area contributed by atoms with Gasteiger partial charge in [0.2, 0.25) is 0 Å². The van der Waals surface area contributed by atoms with E-state index in [2.05, 4.69) is 34.8 Å². The van der Waals surface area contributed by atoms with Gasteiger partial charge in [0.1, 0.15) is 24.0 Å². The Kier molecular flexibility index (Phi) is 7.38. The standard InChI is InChI=1S/C30H31N5O3/c1-19-5-6-23(14-32-19)18-37-27-10-7-22(12-28(27)36-4)11-24-8-9-26-30(25(24)13-31)34-29(15-33-26)35-16-20(2)38-21(3)17-35/h5-10,12,14-15,20-21H,11,16-18H2,1-4H3/t20-,21+. The molecule has 1 aliphatic heterocycles. The second kappa shape index (κ2) is 11.0. The van der Waals surface area contributed by atoms with E-state index in [-0.39, 0.29) is 12.2 Å². The van der Waals surface area contributed by atoms with Gasteiger partial charge in [-0.3, -0.25) is 9.97 Å². The zero-order chi connectivity index (χ0) is 26.6. The van der Waals surface area contributed by atoms with Crippen molar-refractivity contribution >= 4 is 16.9 Å². The Hall–Kier alpha value is -4.22. The van der Waals surface area contributed by atoms with Gasteiger partial charge in [-0.2, -0.15) is 5.26 Å². The lowest BCUT2D eigenvalue weighted by Gasteiger charge is -2.35. The highest BCUT2D eigenvalue weighted by atomic mass is 16.5. The third-order valence-electron chi connectivity index (χ3n) is 6.63. The lowest BCUT2D eigenvalue weighted by molar-refractivity contribution is -0.00546. The largest absolute Gasteiger partial charge is 0.493 e. The summed E-state index contributed by atoms with van der Waals surface area (Å²) in [6.45, 7) is 7.94. The smallest absolute Gasteiger partial charge is 0.161 e. The van der Waals surface area contributed by atoms with Crippen LogP contribution in [0.15, 0.2) is 54.9 Å². The Labute approximate surface area is 222 Å². The molecule has 8 heteroatoms. The van der Waals surface area contributed by atoms with Crippen LogP contribution >= 0.6 is 0 Å². The molecule has 8 nitrogen and oxygen atoms in total. The van der Waals surface area contributed by atoms with Crippen molar-refractivity contribution in [3.05, 3.63) is 82.8 Å². The summed E-state index contributed by atoms with van der Waals surface area (Å²) >= 11 is 0. The first kappa shape index (κ1) is 25.4. The van der Waals surface area contributed by atoms with Gasteiger partial charge in [-0.25, -0.2) is 4.98 Å². The molecule has 4 aromatic rings. The van der Waals surface area contributed by atoms with Crippen molar-refractivity contribution in [3.8, 4) is 17.6 Å². The van der Waals surface area contributed by atoms with Gasteiger partial charge < -0.3 is 19.1 Å². The van der Waals surface area contributed by atoms with Crippen molar-refractivity contribution < 1.29 is 14.2 Å². The second-order valence-corrected chi connectivity index (χ2v) is 9.73. The predicted octanol–water partition coefficient (Wildman–Crippen LogP) is 5.00. The molecule has 1 aliphatic rings. The van der Waals surface area contributed by atoms with Crippen LogP contribution in [-0.4, -0.2) is 47.4 Å². The summed E-state index contributed by atoms with van der Waals surface area (Å²) < 4.78 is 17.5. The van der Waals surface area contributed by atoms with E-state index in [0.717, 1.165) is 41.3 Å². The van der Waals surface area contributed by atoms with E-state index in [1.54, 1.807) is 13.3 Å². The number of hydrogen-bond donors (Lipinski definition) is 0. The Morgan fingerprint density at radius 2 is 1.79 bits per heavy atom. The Morgan fingerprint density at radius 3 is 2.50 bits per heavy atom. The number of pyridine rings is 1. The second-order valence-electron chi connectivity index (χ2n) is 9.73. The summed E-state index contributed by atoms with van der Waals surface area (Å²) in [7, 11) is 1.63. The minimum absolute atomic E-state index is 0.105. The Balaban J connectivity index is 1.39. The number of nitriles is 1. The summed E-state index contributed by atoms with van der Waals surface area (Å²) in [5.41, 5.74) is 5.70. The van der Waals surface area contributed by atoms with Gasteiger partial charge in [0.05, 0.1) is 36.6 Å². The van der Waals surface area contributed by atoms with Crippen LogP contribution in [0.4, 0.5) is 5.82 Å². The molecule has 0 aliphatic carbocycles. The first-order valence-electron chi connectivity index (χ1n) is 12.7. The van der Waals surface area contributed by atoms with Crippen LogP contribution < -0.4 is 14.4 Å². The minimum Gasteiger partial charge on any atom is -0.493 e. The quantitative estimate of drug-likeness (QED) is 0.344. The SMILES string of the molecule is COc1cc(Cc2ccc3ncc(N4C[C@@H](C)O[C@@H](C)C4)nc3c2C#N)ccc1OCc1ccc(C)nc1. The van der Waals surface area contributed by atoms with Crippen LogP contribution in [0, 0.1) is 18.3 Å². The number of methoxy groups -OCH3 is 1. The van der Waals surface area contributed by atoms with Crippen molar-refractivity contribution in [2.75, 3.05) is 25.1 Å². The van der Waals surface area contributed by atoms with Crippen molar-refractivity contribution in [3.63, 3.8) is 0 Å². The van der Waals surface area contributed by atoms with Gasteiger partial charge >= 0.3 is 0 Å². The number of aromatic nitrogens is 3. The lowest BCUT2D eigenvalue weighted by Crippen LogP contribution is -2.45. The number of rotatable bonds is 7. The van der Waals surface area contributed by atoms with E-state index in [4.69, 9.17) is 19.2 Å². The topological polar surface area (TPSA) is 93.4 Å². The normalized spacial score (nSPS) is 17.3. The zero-order valence-electron chi connectivity index (χ0n) is 22.1. The Bertz CT molecular complexity index is 1470. The van der Waals surface area contributed by atoms with Crippen molar-refractivity contribution in [1.29, 1.82) is 5.26 Å². The van der Waals surface area contributed by atoms with Gasteiger partial charge in [-0.1, -0.05) is 18.2 Å². The third kappa shape index (κ3) is 5.53. The summed E-state index contributed by atoms with van der Waals surface area (Å²) in [5.74, 6) is 2.06. The average Bonchev–Trinajstić information content (AvgIpc) is 2.92.